The van der Waals surface area contributed by atoms with Crippen molar-refractivity contribution in [3.8, 4) is 0 Å². The second kappa shape index (κ2) is 10.9. The number of nitrogens with zero attached hydrogens (tertiary/aromatic N) is 5. The van der Waals surface area contributed by atoms with Crippen LogP contribution in [0.2, 0.25) is 0 Å². The van der Waals surface area contributed by atoms with Gasteiger partial charge in [0, 0.05) is 47.9 Å². The molecule has 0 saturated heterocycles. The minimum absolute atomic E-state index is 0.0293. The molecule has 9 heteroatoms. The van der Waals surface area contributed by atoms with E-state index in [1.54, 1.807) is 18.6 Å². The Balaban J connectivity index is 1.63. The molecule has 0 spiro atoms. The van der Waals surface area contributed by atoms with Crippen LogP contribution in [0.1, 0.15) is 69.4 Å². The summed E-state index contributed by atoms with van der Waals surface area (Å²) in [4.78, 5) is 32.5. The zero-order chi connectivity index (χ0) is 27.0. The highest BCUT2D eigenvalue weighted by Gasteiger charge is 2.31. The molecule has 3 aromatic rings. The fraction of sp³-hybridized carbons (Fsp3) is 0.483. The molecule has 8 nitrogen and oxygen atoms in total. The van der Waals surface area contributed by atoms with E-state index in [-0.39, 0.29) is 23.6 Å². The number of alkyl halides is 1. The van der Waals surface area contributed by atoms with Crippen molar-refractivity contribution in [1.29, 1.82) is 0 Å². The Morgan fingerprint density at radius 1 is 1.11 bits per heavy atom. The molecule has 200 valence electrons. The standard InChI is InChI=1S/C29H36ClN7O/c1-16(2)12-33-29-34-14-19-11-24(28(38)37(27(19)36-29)21-7-5-20(31)6-8-21)23-10-9-22(18(4)26(23)30)25-15-32-13-17(3)35-25/h9-11,13-16,18,20-21,26H,5-8,12,31H2,1-4H3,(H,33,34,36). The van der Waals surface area contributed by atoms with E-state index in [0.717, 1.165) is 60.1 Å². The first-order chi connectivity index (χ1) is 18.2. The molecule has 0 aliphatic heterocycles. The number of nitrogens with one attached hydrogen (secondary N) is 1. The average Bonchev–Trinajstić information content (AvgIpc) is 2.89. The highest BCUT2D eigenvalue weighted by molar-refractivity contribution is 6.28. The van der Waals surface area contributed by atoms with E-state index in [1.165, 1.54) is 0 Å². The van der Waals surface area contributed by atoms with Crippen LogP contribution in [0.15, 0.2) is 41.6 Å². The van der Waals surface area contributed by atoms with Crippen LogP contribution in [0.25, 0.3) is 22.2 Å². The van der Waals surface area contributed by atoms with Gasteiger partial charge >= 0.3 is 0 Å². The summed E-state index contributed by atoms with van der Waals surface area (Å²) < 4.78 is 1.87. The summed E-state index contributed by atoms with van der Waals surface area (Å²) >= 11 is 7.07. The van der Waals surface area contributed by atoms with Crippen molar-refractivity contribution in [2.75, 3.05) is 11.9 Å². The number of aromatic nitrogens is 5. The minimum atomic E-state index is -0.399. The molecule has 2 aliphatic carbocycles. The van der Waals surface area contributed by atoms with Crippen molar-refractivity contribution >= 4 is 39.7 Å². The van der Waals surface area contributed by atoms with Gasteiger partial charge in [-0.2, -0.15) is 4.98 Å². The van der Waals surface area contributed by atoms with Gasteiger partial charge in [-0.15, -0.1) is 11.6 Å². The fourth-order valence-electron chi connectivity index (χ4n) is 5.42. The first-order valence-electron chi connectivity index (χ1n) is 13.5. The van der Waals surface area contributed by atoms with Gasteiger partial charge in [-0.25, -0.2) is 4.98 Å². The second-order valence-corrected chi connectivity index (χ2v) is 11.5. The van der Waals surface area contributed by atoms with Crippen LogP contribution in [-0.2, 0) is 0 Å². The van der Waals surface area contributed by atoms with E-state index in [9.17, 15) is 4.79 Å². The Kier molecular flexibility index (Phi) is 7.63. The summed E-state index contributed by atoms with van der Waals surface area (Å²) in [6.07, 6.45) is 12.7. The smallest absolute Gasteiger partial charge is 0.260 e. The van der Waals surface area contributed by atoms with Crippen LogP contribution in [0.4, 0.5) is 5.95 Å². The first kappa shape index (κ1) is 26.5. The molecule has 3 aromatic heterocycles. The van der Waals surface area contributed by atoms with Crippen LogP contribution in [-0.4, -0.2) is 42.5 Å². The van der Waals surface area contributed by atoms with Gasteiger partial charge in [0.15, 0.2) is 0 Å². The van der Waals surface area contributed by atoms with E-state index in [1.807, 2.05) is 29.7 Å². The second-order valence-electron chi connectivity index (χ2n) is 11.0. The van der Waals surface area contributed by atoms with Crippen molar-refractivity contribution in [3.05, 3.63) is 64.1 Å². The SMILES string of the molecule is Cc1cncc(C2=CC=C(c3cc4cnc(NCC(C)C)nc4n(C4CCC(N)CC4)c3=O)C(Cl)C2C)n1. The summed E-state index contributed by atoms with van der Waals surface area (Å²) in [6, 6.07) is 2.10. The van der Waals surface area contributed by atoms with Crippen LogP contribution in [0, 0.1) is 18.8 Å². The molecule has 1 saturated carbocycles. The van der Waals surface area contributed by atoms with E-state index in [2.05, 4.69) is 41.0 Å². The molecule has 0 aromatic carbocycles. The van der Waals surface area contributed by atoms with Crippen molar-refractivity contribution in [3.63, 3.8) is 0 Å². The number of nitrogens with two attached hydrogens (primary N) is 1. The maximum atomic E-state index is 14.2. The van der Waals surface area contributed by atoms with Crippen molar-refractivity contribution in [2.45, 2.75) is 70.8 Å². The lowest BCUT2D eigenvalue weighted by Gasteiger charge is -2.30. The van der Waals surface area contributed by atoms with Crippen molar-refractivity contribution in [1.82, 2.24) is 24.5 Å². The molecule has 3 heterocycles. The summed E-state index contributed by atoms with van der Waals surface area (Å²) in [5.41, 5.74) is 10.9. The number of rotatable bonds is 6. The molecular formula is C29H36ClN7O. The zero-order valence-electron chi connectivity index (χ0n) is 22.5. The van der Waals surface area contributed by atoms with E-state index >= 15 is 0 Å². The number of fused-ring (bicyclic) bond motifs is 1. The third-order valence-corrected chi connectivity index (χ3v) is 8.19. The Bertz CT molecular complexity index is 1450. The summed E-state index contributed by atoms with van der Waals surface area (Å²) in [5, 5.41) is 3.72. The van der Waals surface area contributed by atoms with Crippen LogP contribution in [0.5, 0.6) is 0 Å². The zero-order valence-corrected chi connectivity index (χ0v) is 23.2. The van der Waals surface area contributed by atoms with Gasteiger partial charge in [-0.3, -0.25) is 19.3 Å². The van der Waals surface area contributed by atoms with Crippen molar-refractivity contribution in [2.24, 2.45) is 17.6 Å². The van der Waals surface area contributed by atoms with Gasteiger partial charge < -0.3 is 11.1 Å². The van der Waals surface area contributed by atoms with E-state index in [4.69, 9.17) is 22.3 Å². The van der Waals surface area contributed by atoms with Gasteiger partial charge in [0.25, 0.3) is 5.56 Å². The lowest BCUT2D eigenvalue weighted by molar-refractivity contribution is 0.323. The normalized spacial score (nSPS) is 23.9. The maximum Gasteiger partial charge on any atom is 0.260 e. The Hall–Kier alpha value is -3.10. The van der Waals surface area contributed by atoms with Crippen LogP contribution in [0.3, 0.4) is 0 Å². The predicted molar refractivity (Wildman–Crippen MR) is 154 cm³/mol. The lowest BCUT2D eigenvalue weighted by Crippen LogP contribution is -2.35. The summed E-state index contributed by atoms with van der Waals surface area (Å²) in [5.74, 6) is 0.929. The van der Waals surface area contributed by atoms with E-state index in [0.29, 0.717) is 23.1 Å². The van der Waals surface area contributed by atoms with E-state index < -0.39 is 5.38 Å². The molecule has 3 N–H and O–H groups in total. The Morgan fingerprint density at radius 3 is 2.55 bits per heavy atom. The number of pyridine rings is 1. The van der Waals surface area contributed by atoms with Gasteiger partial charge in [0.05, 0.1) is 23.0 Å². The highest BCUT2D eigenvalue weighted by atomic mass is 35.5. The minimum Gasteiger partial charge on any atom is -0.354 e. The molecule has 2 aliphatic rings. The number of anilines is 1. The Labute approximate surface area is 228 Å². The molecule has 1 fully saturated rings. The van der Waals surface area contributed by atoms with Gasteiger partial charge in [-0.05, 0) is 55.7 Å². The van der Waals surface area contributed by atoms with Gasteiger partial charge in [0.2, 0.25) is 5.95 Å². The predicted octanol–water partition coefficient (Wildman–Crippen LogP) is 5.12. The summed E-state index contributed by atoms with van der Waals surface area (Å²) in [6.45, 7) is 9.01. The maximum absolute atomic E-state index is 14.2. The fourth-order valence-corrected chi connectivity index (χ4v) is 5.74. The molecule has 0 bridgehead atoms. The third-order valence-electron chi connectivity index (χ3n) is 7.58. The lowest BCUT2D eigenvalue weighted by atomic mass is 9.83. The topological polar surface area (TPSA) is 112 Å². The molecule has 2 unspecified atom stereocenters. The monoisotopic (exact) mass is 533 g/mol. The molecular weight excluding hydrogens is 498 g/mol. The highest BCUT2D eigenvalue weighted by Crippen LogP contribution is 2.39. The molecule has 0 amide bonds. The molecule has 38 heavy (non-hydrogen) atoms. The first-order valence-corrected chi connectivity index (χ1v) is 13.9. The number of aryl methyl sites for hydroxylation is 1. The number of hydrogen-bond donors (Lipinski definition) is 2. The van der Waals surface area contributed by atoms with Crippen LogP contribution < -0.4 is 16.6 Å². The summed E-state index contributed by atoms with van der Waals surface area (Å²) in [7, 11) is 0. The van der Waals surface area contributed by atoms with Gasteiger partial charge in [-0.1, -0.05) is 32.9 Å². The van der Waals surface area contributed by atoms with Crippen molar-refractivity contribution < 1.29 is 0 Å². The largest absolute Gasteiger partial charge is 0.354 e. The molecule has 0 radical (unpaired) electrons. The molecule has 2 atom stereocenters. The number of allylic oxidation sites excluding steroid dienone is 4. The van der Waals surface area contributed by atoms with Crippen LogP contribution >= 0.6 is 11.6 Å². The number of halogens is 1. The Morgan fingerprint density at radius 2 is 1.84 bits per heavy atom. The average molecular weight is 534 g/mol. The quantitative estimate of drug-likeness (QED) is 0.423. The molecule has 5 rings (SSSR count). The third kappa shape index (κ3) is 5.24. The number of hydrogen-bond acceptors (Lipinski definition) is 7. The van der Waals surface area contributed by atoms with Gasteiger partial charge in [0.1, 0.15) is 5.65 Å².